The van der Waals surface area contributed by atoms with Gasteiger partial charge >= 0.3 is 0 Å². The first-order valence-electron chi connectivity index (χ1n) is 6.09. The summed E-state index contributed by atoms with van der Waals surface area (Å²) in [6.07, 6.45) is 0. The molecule has 1 amide bonds. The van der Waals surface area contributed by atoms with Gasteiger partial charge in [-0.1, -0.05) is 12.1 Å². The van der Waals surface area contributed by atoms with E-state index in [1.54, 1.807) is 30.1 Å². The number of carbonyl (C=O) groups is 1. The van der Waals surface area contributed by atoms with E-state index in [0.717, 1.165) is 9.26 Å². The number of benzene rings is 2. The summed E-state index contributed by atoms with van der Waals surface area (Å²) < 4.78 is 11.6. The Bertz CT molecular complexity index is 672. The molecule has 2 aromatic rings. The SMILES string of the molecule is CN(C(=O)c1ccc2c(c1)OCO2)c1ccccc1I. The van der Waals surface area contributed by atoms with Crippen molar-refractivity contribution in [3.8, 4) is 11.5 Å². The summed E-state index contributed by atoms with van der Waals surface area (Å²) >= 11 is 2.22. The summed E-state index contributed by atoms with van der Waals surface area (Å²) in [7, 11) is 1.77. The molecular formula is C15H12INO3. The minimum Gasteiger partial charge on any atom is -0.454 e. The third-order valence-electron chi connectivity index (χ3n) is 3.14. The second-order valence-electron chi connectivity index (χ2n) is 4.38. The average Bonchev–Trinajstić information content (AvgIpc) is 2.93. The van der Waals surface area contributed by atoms with E-state index in [1.165, 1.54) is 0 Å². The molecule has 0 fully saturated rings. The van der Waals surface area contributed by atoms with Gasteiger partial charge in [-0.2, -0.15) is 0 Å². The zero-order chi connectivity index (χ0) is 14.1. The molecule has 3 rings (SSSR count). The zero-order valence-corrected chi connectivity index (χ0v) is 13.0. The third kappa shape index (κ3) is 2.33. The lowest BCUT2D eigenvalue weighted by molar-refractivity contribution is 0.0992. The molecule has 0 atom stereocenters. The summed E-state index contributed by atoms with van der Waals surface area (Å²) in [5.41, 5.74) is 1.46. The van der Waals surface area contributed by atoms with Gasteiger partial charge in [-0.05, 0) is 52.9 Å². The molecule has 1 aliphatic rings. The first-order valence-corrected chi connectivity index (χ1v) is 7.17. The third-order valence-corrected chi connectivity index (χ3v) is 4.05. The summed E-state index contributed by atoms with van der Waals surface area (Å²) in [6, 6.07) is 13.0. The first kappa shape index (κ1) is 13.2. The summed E-state index contributed by atoms with van der Waals surface area (Å²) in [5.74, 6) is 1.22. The van der Waals surface area contributed by atoms with E-state index in [2.05, 4.69) is 22.6 Å². The number of para-hydroxylation sites is 1. The Morgan fingerprint density at radius 1 is 1.15 bits per heavy atom. The molecule has 0 saturated heterocycles. The van der Waals surface area contributed by atoms with Crippen LogP contribution in [0.2, 0.25) is 0 Å². The Balaban J connectivity index is 1.91. The van der Waals surface area contributed by atoms with Gasteiger partial charge in [0.2, 0.25) is 6.79 Å². The highest BCUT2D eigenvalue weighted by atomic mass is 127. The minimum atomic E-state index is -0.0765. The molecule has 0 N–H and O–H groups in total. The van der Waals surface area contributed by atoms with E-state index in [4.69, 9.17) is 9.47 Å². The predicted octanol–water partition coefficient (Wildman–Crippen LogP) is 3.30. The molecule has 0 saturated carbocycles. The monoisotopic (exact) mass is 381 g/mol. The molecule has 20 heavy (non-hydrogen) atoms. The maximum Gasteiger partial charge on any atom is 0.258 e. The number of hydrogen-bond acceptors (Lipinski definition) is 3. The first-order chi connectivity index (χ1) is 9.66. The summed E-state index contributed by atoms with van der Waals surface area (Å²) in [6.45, 7) is 0.208. The number of anilines is 1. The van der Waals surface area contributed by atoms with E-state index >= 15 is 0 Å². The van der Waals surface area contributed by atoms with Gasteiger partial charge in [0.05, 0.1) is 5.69 Å². The molecule has 4 nitrogen and oxygen atoms in total. The van der Waals surface area contributed by atoms with Crippen molar-refractivity contribution in [3.63, 3.8) is 0 Å². The number of amides is 1. The van der Waals surface area contributed by atoms with Gasteiger partial charge in [0.1, 0.15) is 0 Å². The van der Waals surface area contributed by atoms with Crippen molar-refractivity contribution in [2.24, 2.45) is 0 Å². The van der Waals surface area contributed by atoms with Gasteiger partial charge in [0, 0.05) is 16.2 Å². The molecular weight excluding hydrogens is 369 g/mol. The van der Waals surface area contributed by atoms with Crippen LogP contribution in [-0.4, -0.2) is 19.7 Å². The highest BCUT2D eigenvalue weighted by Gasteiger charge is 2.19. The van der Waals surface area contributed by atoms with Crippen molar-refractivity contribution in [1.29, 1.82) is 0 Å². The van der Waals surface area contributed by atoms with Gasteiger partial charge < -0.3 is 14.4 Å². The molecule has 0 aliphatic carbocycles. The summed E-state index contributed by atoms with van der Waals surface area (Å²) in [4.78, 5) is 14.2. The second kappa shape index (κ2) is 5.32. The largest absolute Gasteiger partial charge is 0.454 e. The Hall–Kier alpha value is -1.76. The predicted molar refractivity (Wildman–Crippen MR) is 84.5 cm³/mol. The quantitative estimate of drug-likeness (QED) is 0.750. The zero-order valence-electron chi connectivity index (χ0n) is 10.8. The van der Waals surface area contributed by atoms with Crippen molar-refractivity contribution >= 4 is 34.2 Å². The lowest BCUT2D eigenvalue weighted by atomic mass is 10.1. The number of halogens is 1. The number of hydrogen-bond donors (Lipinski definition) is 0. The number of ether oxygens (including phenoxy) is 2. The van der Waals surface area contributed by atoms with Crippen molar-refractivity contribution in [1.82, 2.24) is 0 Å². The fourth-order valence-electron chi connectivity index (χ4n) is 2.06. The highest BCUT2D eigenvalue weighted by molar-refractivity contribution is 14.1. The van der Waals surface area contributed by atoms with Gasteiger partial charge in [-0.25, -0.2) is 0 Å². The van der Waals surface area contributed by atoms with Crippen LogP contribution in [0.1, 0.15) is 10.4 Å². The normalized spacial score (nSPS) is 12.3. The second-order valence-corrected chi connectivity index (χ2v) is 5.55. The molecule has 0 aromatic heterocycles. The van der Waals surface area contributed by atoms with Gasteiger partial charge in [0.25, 0.3) is 5.91 Å². The molecule has 1 aliphatic heterocycles. The van der Waals surface area contributed by atoms with Gasteiger partial charge in [-0.15, -0.1) is 0 Å². The molecule has 2 aromatic carbocycles. The topological polar surface area (TPSA) is 38.8 Å². The van der Waals surface area contributed by atoms with Crippen LogP contribution >= 0.6 is 22.6 Å². The standard InChI is InChI=1S/C15H12INO3/c1-17(12-5-3-2-4-11(12)16)15(18)10-6-7-13-14(8-10)20-9-19-13/h2-8H,9H2,1H3. The fourth-order valence-corrected chi connectivity index (χ4v) is 2.81. The van der Waals surface area contributed by atoms with Crippen LogP contribution in [-0.2, 0) is 0 Å². The van der Waals surface area contributed by atoms with Crippen LogP contribution in [0.5, 0.6) is 11.5 Å². The fraction of sp³-hybridized carbons (Fsp3) is 0.133. The maximum atomic E-state index is 12.5. The smallest absolute Gasteiger partial charge is 0.258 e. The van der Waals surface area contributed by atoms with E-state index in [1.807, 2.05) is 24.3 Å². The van der Waals surface area contributed by atoms with Crippen molar-refractivity contribution in [2.75, 3.05) is 18.7 Å². The average molecular weight is 381 g/mol. The van der Waals surface area contributed by atoms with Crippen LogP contribution in [0.3, 0.4) is 0 Å². The van der Waals surface area contributed by atoms with Crippen LogP contribution < -0.4 is 14.4 Å². The Morgan fingerprint density at radius 3 is 2.70 bits per heavy atom. The Morgan fingerprint density at radius 2 is 1.90 bits per heavy atom. The lowest BCUT2D eigenvalue weighted by Gasteiger charge is -2.19. The summed E-state index contributed by atoms with van der Waals surface area (Å²) in [5, 5.41) is 0. The van der Waals surface area contributed by atoms with E-state index < -0.39 is 0 Å². The highest BCUT2D eigenvalue weighted by Crippen LogP contribution is 2.33. The van der Waals surface area contributed by atoms with Crippen molar-refractivity contribution < 1.29 is 14.3 Å². The maximum absolute atomic E-state index is 12.5. The Labute approximate surface area is 130 Å². The number of rotatable bonds is 2. The van der Waals surface area contributed by atoms with Crippen molar-refractivity contribution in [2.45, 2.75) is 0 Å². The van der Waals surface area contributed by atoms with Gasteiger partial charge in [0.15, 0.2) is 11.5 Å². The molecule has 1 heterocycles. The van der Waals surface area contributed by atoms with Crippen LogP contribution in [0, 0.1) is 3.57 Å². The van der Waals surface area contributed by atoms with Crippen LogP contribution in [0.4, 0.5) is 5.69 Å². The van der Waals surface area contributed by atoms with Crippen LogP contribution in [0.25, 0.3) is 0 Å². The minimum absolute atomic E-state index is 0.0765. The van der Waals surface area contributed by atoms with E-state index in [-0.39, 0.29) is 12.7 Å². The van der Waals surface area contributed by atoms with E-state index in [0.29, 0.717) is 17.1 Å². The number of fused-ring (bicyclic) bond motifs is 1. The lowest BCUT2D eigenvalue weighted by Crippen LogP contribution is -2.26. The molecule has 0 bridgehead atoms. The molecule has 5 heteroatoms. The van der Waals surface area contributed by atoms with Crippen molar-refractivity contribution in [3.05, 3.63) is 51.6 Å². The van der Waals surface area contributed by atoms with Gasteiger partial charge in [-0.3, -0.25) is 4.79 Å². The molecule has 102 valence electrons. The molecule has 0 spiro atoms. The van der Waals surface area contributed by atoms with Crippen LogP contribution in [0.15, 0.2) is 42.5 Å². The molecule has 0 radical (unpaired) electrons. The number of nitrogens with zero attached hydrogens (tertiary/aromatic N) is 1. The number of carbonyl (C=O) groups excluding carboxylic acids is 1. The van der Waals surface area contributed by atoms with E-state index in [9.17, 15) is 4.79 Å². The Kier molecular flexibility index (Phi) is 3.52. The molecule has 0 unspecified atom stereocenters.